The first kappa shape index (κ1) is 25.7. The number of hydrogen-bond acceptors (Lipinski definition) is 8. The van der Waals surface area contributed by atoms with Gasteiger partial charge in [-0.15, -0.1) is 0 Å². The molecule has 2 N–H and O–H groups in total. The van der Waals surface area contributed by atoms with E-state index in [2.05, 4.69) is 5.32 Å². The Hall–Kier alpha value is -4.35. The molecule has 0 spiro atoms. The number of aromatic hydroxyl groups is 1. The van der Waals surface area contributed by atoms with Crippen LogP contribution in [-0.2, 0) is 19.7 Å². The van der Waals surface area contributed by atoms with Crippen LogP contribution in [-0.4, -0.2) is 38.0 Å². The van der Waals surface area contributed by atoms with Gasteiger partial charge in [0.25, 0.3) is 11.8 Å². The van der Waals surface area contributed by atoms with Crippen molar-refractivity contribution in [1.29, 1.82) is 0 Å². The maximum Gasteiger partial charge on any atom is 0.339 e. The summed E-state index contributed by atoms with van der Waals surface area (Å²) in [6, 6.07) is 14.4. The highest BCUT2D eigenvalue weighted by atomic mass is 35.5. The van der Waals surface area contributed by atoms with Crippen LogP contribution in [0.25, 0.3) is 6.08 Å². The zero-order valence-corrected chi connectivity index (χ0v) is 20.7. The van der Waals surface area contributed by atoms with Gasteiger partial charge in [-0.05, 0) is 67.1 Å². The molecule has 4 amide bonds. The van der Waals surface area contributed by atoms with E-state index in [0.29, 0.717) is 0 Å². The molecule has 0 atom stereocenters. The fourth-order valence-electron chi connectivity index (χ4n) is 3.42. The molecule has 1 fully saturated rings. The Balaban J connectivity index is 1.72. The number of anilines is 1. The van der Waals surface area contributed by atoms with Crippen molar-refractivity contribution < 1.29 is 36.8 Å². The summed E-state index contributed by atoms with van der Waals surface area (Å²) in [6.07, 6.45) is 1.18. The van der Waals surface area contributed by atoms with Gasteiger partial charge in [-0.2, -0.15) is 8.42 Å². The summed E-state index contributed by atoms with van der Waals surface area (Å²) in [5.41, 5.74) is -0.0604. The normalized spacial score (nSPS) is 15.0. The lowest BCUT2D eigenvalue weighted by Crippen LogP contribution is -2.54. The van der Waals surface area contributed by atoms with Gasteiger partial charge in [0, 0.05) is 0 Å². The highest BCUT2D eigenvalue weighted by Gasteiger charge is 2.37. The monoisotopic (exact) mass is 542 g/mol. The Bertz CT molecular complexity index is 1520. The number of imide groups is 2. The Morgan fingerprint density at radius 3 is 2.35 bits per heavy atom. The Labute approximate surface area is 216 Å². The predicted molar refractivity (Wildman–Crippen MR) is 134 cm³/mol. The van der Waals surface area contributed by atoms with E-state index in [-0.39, 0.29) is 45.0 Å². The average molecular weight is 543 g/mol. The maximum absolute atomic E-state index is 13.1. The van der Waals surface area contributed by atoms with E-state index < -0.39 is 33.5 Å². The highest BCUT2D eigenvalue weighted by Crippen LogP contribution is 2.39. The summed E-state index contributed by atoms with van der Waals surface area (Å²) in [7, 11) is -4.24. The molecule has 12 heteroatoms. The van der Waals surface area contributed by atoms with E-state index >= 15 is 0 Å². The van der Waals surface area contributed by atoms with Gasteiger partial charge in [0.2, 0.25) is 5.75 Å². The lowest BCUT2D eigenvalue weighted by Gasteiger charge is -2.26. The molecule has 37 heavy (non-hydrogen) atoms. The number of urea groups is 1. The standard InChI is InChI=1S/C25H19ClN2O8S/c1-2-35-21-14-15(13-20(26)22(21)36-37(33,34)18-6-4-3-5-7-18)12-19-23(30)27-25(32)28(24(19)31)16-8-10-17(29)11-9-16/h3-14,29H,2H2,1H3,(H,27,30,32)/b19-12+. The molecule has 0 aliphatic carbocycles. The first-order chi connectivity index (χ1) is 17.6. The number of amides is 4. The number of nitrogens with zero attached hydrogens (tertiary/aromatic N) is 1. The van der Waals surface area contributed by atoms with Crippen LogP contribution in [0.1, 0.15) is 12.5 Å². The molecule has 10 nitrogen and oxygen atoms in total. The number of carbonyl (C=O) groups excluding carboxylic acids is 3. The van der Waals surface area contributed by atoms with Crippen LogP contribution < -0.4 is 19.1 Å². The minimum atomic E-state index is -4.24. The van der Waals surface area contributed by atoms with Crippen molar-refractivity contribution >= 4 is 51.3 Å². The van der Waals surface area contributed by atoms with E-state index in [1.165, 1.54) is 66.7 Å². The predicted octanol–water partition coefficient (Wildman–Crippen LogP) is 3.88. The number of carbonyl (C=O) groups is 3. The lowest BCUT2D eigenvalue weighted by molar-refractivity contribution is -0.122. The maximum atomic E-state index is 13.1. The summed E-state index contributed by atoms with van der Waals surface area (Å²) < 4.78 is 36.2. The van der Waals surface area contributed by atoms with Crippen molar-refractivity contribution in [3.63, 3.8) is 0 Å². The second-order valence-electron chi connectivity index (χ2n) is 7.59. The molecule has 1 aliphatic rings. The van der Waals surface area contributed by atoms with Crippen molar-refractivity contribution in [2.45, 2.75) is 11.8 Å². The molecule has 0 radical (unpaired) electrons. The Kier molecular flexibility index (Phi) is 7.18. The summed E-state index contributed by atoms with van der Waals surface area (Å²) in [4.78, 5) is 38.6. The van der Waals surface area contributed by atoms with Crippen LogP contribution in [0.3, 0.4) is 0 Å². The second kappa shape index (κ2) is 10.3. The molecule has 3 aromatic rings. The number of nitrogens with one attached hydrogen (secondary N) is 1. The first-order valence-corrected chi connectivity index (χ1v) is 12.6. The molecule has 0 bridgehead atoms. The van der Waals surface area contributed by atoms with Gasteiger partial charge in [0.05, 0.1) is 17.3 Å². The van der Waals surface area contributed by atoms with E-state index in [0.717, 1.165) is 4.90 Å². The topological polar surface area (TPSA) is 139 Å². The van der Waals surface area contributed by atoms with Crippen molar-refractivity contribution in [2.75, 3.05) is 11.5 Å². The summed E-state index contributed by atoms with van der Waals surface area (Å²) in [5.74, 6) is -2.24. The third-order valence-electron chi connectivity index (χ3n) is 5.08. The molecule has 0 aromatic heterocycles. The first-order valence-electron chi connectivity index (χ1n) is 10.8. The number of barbiturate groups is 1. The van der Waals surface area contributed by atoms with Crippen molar-refractivity contribution in [1.82, 2.24) is 5.32 Å². The molecule has 0 unspecified atom stereocenters. The molecular weight excluding hydrogens is 524 g/mol. The number of ether oxygens (including phenoxy) is 1. The number of phenols is 1. The highest BCUT2D eigenvalue weighted by molar-refractivity contribution is 7.87. The molecular formula is C25H19ClN2O8S. The fraction of sp³-hybridized carbons (Fsp3) is 0.0800. The molecule has 0 saturated carbocycles. The zero-order chi connectivity index (χ0) is 26.7. The van der Waals surface area contributed by atoms with Gasteiger partial charge in [-0.1, -0.05) is 29.8 Å². The third-order valence-corrected chi connectivity index (χ3v) is 6.59. The molecule has 4 rings (SSSR count). The van der Waals surface area contributed by atoms with E-state index in [1.807, 2.05) is 0 Å². The molecule has 1 heterocycles. The van der Waals surface area contributed by atoms with Crippen LogP contribution in [0.4, 0.5) is 10.5 Å². The van der Waals surface area contributed by atoms with Crippen LogP contribution in [0.5, 0.6) is 17.2 Å². The molecule has 3 aromatic carbocycles. The number of halogens is 1. The van der Waals surface area contributed by atoms with Crippen LogP contribution in [0.2, 0.25) is 5.02 Å². The Morgan fingerprint density at radius 2 is 1.70 bits per heavy atom. The van der Waals surface area contributed by atoms with Gasteiger partial charge in [0.1, 0.15) is 16.2 Å². The molecule has 1 aliphatic heterocycles. The third kappa shape index (κ3) is 5.42. The largest absolute Gasteiger partial charge is 0.508 e. The number of rotatable bonds is 7. The summed E-state index contributed by atoms with van der Waals surface area (Å²) >= 11 is 6.34. The van der Waals surface area contributed by atoms with E-state index in [1.54, 1.807) is 13.0 Å². The second-order valence-corrected chi connectivity index (χ2v) is 9.54. The quantitative estimate of drug-likeness (QED) is 0.260. The smallest absolute Gasteiger partial charge is 0.339 e. The number of phenolic OH excluding ortho intramolecular Hbond substituents is 1. The van der Waals surface area contributed by atoms with Gasteiger partial charge in [-0.25, -0.2) is 9.69 Å². The summed E-state index contributed by atoms with van der Waals surface area (Å²) in [6.45, 7) is 1.79. The van der Waals surface area contributed by atoms with Gasteiger partial charge in [0.15, 0.2) is 5.75 Å². The van der Waals surface area contributed by atoms with E-state index in [4.69, 9.17) is 20.5 Å². The molecule has 1 saturated heterocycles. The minimum Gasteiger partial charge on any atom is -0.508 e. The van der Waals surface area contributed by atoms with E-state index in [9.17, 15) is 27.9 Å². The molecule has 190 valence electrons. The van der Waals surface area contributed by atoms with Gasteiger partial charge < -0.3 is 14.0 Å². The van der Waals surface area contributed by atoms with Crippen LogP contribution >= 0.6 is 11.6 Å². The van der Waals surface area contributed by atoms with Crippen LogP contribution in [0, 0.1) is 0 Å². The number of benzene rings is 3. The SMILES string of the molecule is CCOc1cc(/C=C2\C(=O)NC(=O)N(c3ccc(O)cc3)C2=O)cc(Cl)c1OS(=O)(=O)c1ccccc1. The van der Waals surface area contributed by atoms with Crippen molar-refractivity contribution in [3.05, 3.63) is 82.9 Å². The summed E-state index contributed by atoms with van der Waals surface area (Å²) in [5, 5.41) is 11.4. The minimum absolute atomic E-state index is 0.0449. The van der Waals surface area contributed by atoms with Crippen molar-refractivity contribution in [2.24, 2.45) is 0 Å². The fourth-order valence-corrected chi connectivity index (χ4v) is 4.70. The van der Waals surface area contributed by atoms with Gasteiger partial charge >= 0.3 is 16.1 Å². The van der Waals surface area contributed by atoms with Gasteiger partial charge in [-0.3, -0.25) is 14.9 Å². The van der Waals surface area contributed by atoms with Crippen molar-refractivity contribution in [3.8, 4) is 17.2 Å². The van der Waals surface area contributed by atoms with Crippen LogP contribution in [0.15, 0.2) is 77.2 Å². The number of hydrogen-bond donors (Lipinski definition) is 2. The zero-order valence-electron chi connectivity index (χ0n) is 19.2. The lowest BCUT2D eigenvalue weighted by atomic mass is 10.1. The Morgan fingerprint density at radius 1 is 1.03 bits per heavy atom. The average Bonchev–Trinajstić information content (AvgIpc) is 2.85.